The summed E-state index contributed by atoms with van der Waals surface area (Å²) in [7, 11) is 0. The van der Waals surface area contributed by atoms with Crippen molar-refractivity contribution in [3.63, 3.8) is 0 Å². The topological polar surface area (TPSA) is 46.6 Å². The molecule has 0 bridgehead atoms. The van der Waals surface area contributed by atoms with Gasteiger partial charge in [0.15, 0.2) is 12.6 Å². The lowest BCUT2D eigenvalue weighted by molar-refractivity contribution is -0.934. The Hall–Kier alpha value is -2.37. The summed E-state index contributed by atoms with van der Waals surface area (Å²) in [6.07, 6.45) is 5.13. The summed E-state index contributed by atoms with van der Waals surface area (Å²) in [5.41, 5.74) is 3.97. The standard InChI is InChI=1S/C27H34ClN2O3/c1-20-16-23(28)17-21(2)26(20)29-13-12-24(27(29)32)30(14-8-3-4-9-15-30)18-25(31)33-19-22-10-6-5-7-11-22/h5-7,10-11,16-17,24H,3-4,8-9,12-15,18-19H2,1-2H3/q+1. The molecule has 5 nitrogen and oxygen atoms in total. The molecular formula is C27H34ClN2O3+. The molecule has 1 amide bonds. The fourth-order valence-electron chi connectivity index (χ4n) is 5.66. The van der Waals surface area contributed by atoms with Crippen molar-refractivity contribution in [1.29, 1.82) is 0 Å². The van der Waals surface area contributed by atoms with E-state index < -0.39 is 0 Å². The molecule has 2 saturated heterocycles. The Kier molecular flexibility index (Phi) is 7.40. The second-order valence-electron chi connectivity index (χ2n) is 9.57. The Bertz CT molecular complexity index is 977. The van der Waals surface area contributed by atoms with Crippen molar-refractivity contribution >= 4 is 29.2 Å². The number of aryl methyl sites for hydroxylation is 2. The second-order valence-corrected chi connectivity index (χ2v) is 10.0. The molecule has 2 aliphatic heterocycles. The summed E-state index contributed by atoms with van der Waals surface area (Å²) in [5.74, 6) is -0.0906. The Morgan fingerprint density at radius 3 is 2.33 bits per heavy atom. The van der Waals surface area contributed by atoms with Crippen LogP contribution in [-0.4, -0.2) is 48.6 Å². The van der Waals surface area contributed by atoms with Crippen molar-refractivity contribution in [2.75, 3.05) is 31.1 Å². The first-order valence-electron chi connectivity index (χ1n) is 12.0. The van der Waals surface area contributed by atoms with Gasteiger partial charge in [-0.3, -0.25) is 4.79 Å². The number of carbonyl (C=O) groups is 2. The van der Waals surface area contributed by atoms with Crippen LogP contribution in [0.5, 0.6) is 0 Å². The number of hydrogen-bond donors (Lipinski definition) is 0. The largest absolute Gasteiger partial charge is 0.457 e. The minimum Gasteiger partial charge on any atom is -0.457 e. The van der Waals surface area contributed by atoms with Gasteiger partial charge in [0, 0.05) is 23.7 Å². The van der Waals surface area contributed by atoms with Crippen molar-refractivity contribution in [2.24, 2.45) is 0 Å². The number of quaternary nitrogens is 1. The predicted molar refractivity (Wildman–Crippen MR) is 131 cm³/mol. The number of rotatable bonds is 6. The number of anilines is 1. The molecule has 2 aromatic carbocycles. The van der Waals surface area contributed by atoms with Gasteiger partial charge in [-0.25, -0.2) is 4.79 Å². The van der Waals surface area contributed by atoms with Gasteiger partial charge >= 0.3 is 5.97 Å². The van der Waals surface area contributed by atoms with Gasteiger partial charge < -0.3 is 14.1 Å². The van der Waals surface area contributed by atoms with E-state index in [4.69, 9.17) is 16.3 Å². The summed E-state index contributed by atoms with van der Waals surface area (Å²) in [6.45, 7) is 6.92. The minimum absolute atomic E-state index is 0.126. The summed E-state index contributed by atoms with van der Waals surface area (Å²) in [5, 5.41) is 0.689. The fraction of sp³-hybridized carbons (Fsp3) is 0.481. The summed E-state index contributed by atoms with van der Waals surface area (Å²) < 4.78 is 6.18. The zero-order valence-electron chi connectivity index (χ0n) is 19.7. The first-order chi connectivity index (χ1) is 15.9. The van der Waals surface area contributed by atoms with E-state index in [1.165, 1.54) is 0 Å². The molecule has 33 heavy (non-hydrogen) atoms. The number of amides is 1. The Balaban J connectivity index is 1.54. The zero-order valence-corrected chi connectivity index (χ0v) is 20.4. The average molecular weight is 470 g/mol. The van der Waals surface area contributed by atoms with Crippen LogP contribution in [0, 0.1) is 13.8 Å². The van der Waals surface area contributed by atoms with Crippen LogP contribution in [0.25, 0.3) is 0 Å². The maximum absolute atomic E-state index is 13.8. The van der Waals surface area contributed by atoms with E-state index in [0.29, 0.717) is 16.1 Å². The molecule has 1 unspecified atom stereocenters. The second kappa shape index (κ2) is 10.3. The summed E-state index contributed by atoms with van der Waals surface area (Å²) >= 11 is 6.23. The molecule has 2 aromatic rings. The third-order valence-electron chi connectivity index (χ3n) is 7.21. The predicted octanol–water partition coefficient (Wildman–Crippen LogP) is 5.20. The fourth-order valence-corrected chi connectivity index (χ4v) is 5.99. The molecule has 6 heteroatoms. The molecule has 0 saturated carbocycles. The van der Waals surface area contributed by atoms with Gasteiger partial charge in [-0.2, -0.15) is 0 Å². The van der Waals surface area contributed by atoms with Crippen molar-refractivity contribution in [2.45, 2.75) is 58.6 Å². The maximum atomic E-state index is 13.8. The van der Waals surface area contributed by atoms with Crippen molar-refractivity contribution in [3.8, 4) is 0 Å². The van der Waals surface area contributed by atoms with E-state index in [0.717, 1.165) is 67.6 Å². The number of benzene rings is 2. The molecule has 176 valence electrons. The van der Waals surface area contributed by atoms with Gasteiger partial charge in [0.25, 0.3) is 5.91 Å². The van der Waals surface area contributed by atoms with Gasteiger partial charge in [-0.15, -0.1) is 0 Å². The SMILES string of the molecule is Cc1cc(Cl)cc(C)c1N1CCC([N+]2(CC(=O)OCc3ccccc3)CCCCCC2)C1=O. The molecule has 0 spiro atoms. The number of nitrogens with zero attached hydrogens (tertiary/aromatic N) is 2. The molecule has 0 radical (unpaired) electrons. The lowest BCUT2D eigenvalue weighted by atomic mass is 10.1. The van der Waals surface area contributed by atoms with Crippen LogP contribution in [0.15, 0.2) is 42.5 Å². The Morgan fingerprint density at radius 2 is 1.70 bits per heavy atom. The third kappa shape index (κ3) is 5.25. The van der Waals surface area contributed by atoms with Gasteiger partial charge in [0.2, 0.25) is 0 Å². The highest BCUT2D eigenvalue weighted by atomic mass is 35.5. The number of carbonyl (C=O) groups excluding carboxylic acids is 2. The van der Waals surface area contributed by atoms with Crippen LogP contribution in [-0.2, 0) is 20.9 Å². The zero-order chi connectivity index (χ0) is 23.4. The Morgan fingerprint density at radius 1 is 1.06 bits per heavy atom. The molecule has 2 fully saturated rings. The number of halogens is 1. The quantitative estimate of drug-likeness (QED) is 0.431. The van der Waals surface area contributed by atoms with Crippen LogP contribution < -0.4 is 4.90 Å². The molecule has 0 aliphatic carbocycles. The van der Waals surface area contributed by atoms with Gasteiger partial charge in [-0.05, 0) is 68.4 Å². The van der Waals surface area contributed by atoms with Crippen molar-refractivity contribution in [1.82, 2.24) is 0 Å². The highest BCUT2D eigenvalue weighted by Crippen LogP contribution is 2.35. The molecular weight excluding hydrogens is 436 g/mol. The summed E-state index contributed by atoms with van der Waals surface area (Å²) in [4.78, 5) is 28.7. The highest BCUT2D eigenvalue weighted by Gasteiger charge is 2.49. The van der Waals surface area contributed by atoms with E-state index in [1.54, 1.807) is 0 Å². The van der Waals surface area contributed by atoms with E-state index in [1.807, 2.05) is 61.2 Å². The van der Waals surface area contributed by atoms with E-state index in [2.05, 4.69) is 0 Å². The third-order valence-corrected chi connectivity index (χ3v) is 7.43. The van der Waals surface area contributed by atoms with Gasteiger partial charge in [0.1, 0.15) is 6.61 Å². The van der Waals surface area contributed by atoms with Gasteiger partial charge in [-0.1, -0.05) is 41.9 Å². The highest BCUT2D eigenvalue weighted by molar-refractivity contribution is 6.30. The van der Waals surface area contributed by atoms with Crippen molar-refractivity contribution < 1.29 is 18.8 Å². The first kappa shape index (κ1) is 23.8. The number of hydrogen-bond acceptors (Lipinski definition) is 3. The summed E-state index contributed by atoms with van der Waals surface area (Å²) in [6, 6.07) is 13.4. The van der Waals surface area contributed by atoms with Crippen molar-refractivity contribution in [3.05, 3.63) is 64.2 Å². The lowest BCUT2D eigenvalue weighted by Crippen LogP contribution is -2.61. The van der Waals surface area contributed by atoms with Crippen LogP contribution in [0.4, 0.5) is 5.69 Å². The first-order valence-corrected chi connectivity index (χ1v) is 12.4. The average Bonchev–Trinajstić information content (AvgIpc) is 3.00. The van der Waals surface area contributed by atoms with Crippen LogP contribution in [0.2, 0.25) is 5.02 Å². The van der Waals surface area contributed by atoms with Gasteiger partial charge in [0.05, 0.1) is 13.1 Å². The van der Waals surface area contributed by atoms with Crippen LogP contribution in [0.1, 0.15) is 48.8 Å². The minimum atomic E-state index is -0.217. The number of esters is 1. The molecule has 1 atom stereocenters. The monoisotopic (exact) mass is 469 g/mol. The molecule has 0 N–H and O–H groups in total. The van der Waals surface area contributed by atoms with E-state index in [-0.39, 0.29) is 31.1 Å². The van der Waals surface area contributed by atoms with E-state index >= 15 is 0 Å². The number of likely N-dealkylation sites (tertiary alicyclic amines) is 1. The molecule has 4 rings (SSSR count). The Labute approximate surface area is 201 Å². The molecule has 2 aliphatic rings. The molecule has 0 aromatic heterocycles. The maximum Gasteiger partial charge on any atom is 0.362 e. The van der Waals surface area contributed by atoms with Crippen LogP contribution >= 0.6 is 11.6 Å². The molecule has 2 heterocycles. The lowest BCUT2D eigenvalue weighted by Gasteiger charge is -2.41. The van der Waals surface area contributed by atoms with Crippen LogP contribution in [0.3, 0.4) is 0 Å². The smallest absolute Gasteiger partial charge is 0.362 e. The normalized spacial score (nSPS) is 20.5. The number of ether oxygens (including phenoxy) is 1. The van der Waals surface area contributed by atoms with E-state index in [9.17, 15) is 9.59 Å².